The highest BCUT2D eigenvalue weighted by atomic mass is 32.2. The summed E-state index contributed by atoms with van der Waals surface area (Å²) >= 11 is 1.63. The van der Waals surface area contributed by atoms with Gasteiger partial charge in [-0.1, -0.05) is 84.6 Å². The topological polar surface area (TPSA) is 43.6 Å². The van der Waals surface area contributed by atoms with Crippen LogP contribution in [0.2, 0.25) is 0 Å². The molecule has 4 rings (SSSR count). The summed E-state index contributed by atoms with van der Waals surface area (Å²) in [5.74, 6) is 0.822. The quantitative estimate of drug-likeness (QED) is 0.495. The third kappa shape index (κ3) is 3.61. The molecule has 25 heavy (non-hydrogen) atoms. The number of benzene rings is 3. The van der Waals surface area contributed by atoms with Gasteiger partial charge in [0.25, 0.3) is 0 Å². The van der Waals surface area contributed by atoms with E-state index in [2.05, 4.69) is 64.1 Å². The average Bonchev–Trinajstić information content (AvgIpc) is 3.17. The van der Waals surface area contributed by atoms with Crippen molar-refractivity contribution in [1.82, 2.24) is 20.2 Å². The van der Waals surface area contributed by atoms with Crippen LogP contribution in [0, 0.1) is 0 Å². The average molecular weight is 344 g/mol. The number of nitrogens with zero attached hydrogens (tertiary/aromatic N) is 4. The van der Waals surface area contributed by atoms with Crippen LogP contribution in [0.5, 0.6) is 0 Å². The van der Waals surface area contributed by atoms with E-state index in [0.717, 1.165) is 16.6 Å². The van der Waals surface area contributed by atoms with Gasteiger partial charge in [0.15, 0.2) is 0 Å². The zero-order chi connectivity index (χ0) is 16.9. The van der Waals surface area contributed by atoms with E-state index >= 15 is 0 Å². The van der Waals surface area contributed by atoms with E-state index in [-0.39, 0.29) is 0 Å². The second-order valence-electron chi connectivity index (χ2n) is 5.56. The van der Waals surface area contributed by atoms with Crippen molar-refractivity contribution in [3.63, 3.8) is 0 Å². The maximum absolute atomic E-state index is 4.14. The number of aromatic nitrogens is 4. The van der Waals surface area contributed by atoms with Crippen molar-refractivity contribution in [1.29, 1.82) is 0 Å². The summed E-state index contributed by atoms with van der Waals surface area (Å²) in [6.07, 6.45) is 0. The lowest BCUT2D eigenvalue weighted by molar-refractivity contribution is 0.756. The van der Waals surface area contributed by atoms with Gasteiger partial charge in [-0.3, -0.25) is 0 Å². The molecule has 0 aliphatic carbocycles. The molecule has 4 aromatic rings. The van der Waals surface area contributed by atoms with Crippen LogP contribution in [0.25, 0.3) is 16.8 Å². The molecule has 0 unspecified atom stereocenters. The van der Waals surface area contributed by atoms with Gasteiger partial charge in [-0.2, -0.15) is 4.68 Å². The number of thioether (sulfide) groups is 1. The fraction of sp³-hybridized carbons (Fsp3) is 0.0500. The Morgan fingerprint density at radius 2 is 1.36 bits per heavy atom. The van der Waals surface area contributed by atoms with Crippen molar-refractivity contribution in [3.8, 4) is 16.8 Å². The van der Waals surface area contributed by atoms with Gasteiger partial charge >= 0.3 is 0 Å². The van der Waals surface area contributed by atoms with Gasteiger partial charge in [0, 0.05) is 5.75 Å². The predicted octanol–water partition coefficient (Wildman–Crippen LogP) is 4.62. The van der Waals surface area contributed by atoms with Crippen molar-refractivity contribution in [2.45, 2.75) is 10.9 Å². The summed E-state index contributed by atoms with van der Waals surface area (Å²) in [6, 6.07) is 29.0. The molecule has 1 heterocycles. The number of rotatable bonds is 5. The van der Waals surface area contributed by atoms with Gasteiger partial charge in [0.1, 0.15) is 0 Å². The molecule has 0 saturated carbocycles. The first-order valence-electron chi connectivity index (χ1n) is 8.01. The molecule has 0 bridgehead atoms. The molecule has 4 nitrogen and oxygen atoms in total. The molecular formula is C20H16N4S. The summed E-state index contributed by atoms with van der Waals surface area (Å²) in [6.45, 7) is 0. The number of hydrogen-bond acceptors (Lipinski definition) is 4. The molecule has 0 atom stereocenters. The van der Waals surface area contributed by atoms with E-state index in [0.29, 0.717) is 0 Å². The Labute approximate surface area is 150 Å². The largest absolute Gasteiger partial charge is 0.214 e. The summed E-state index contributed by atoms with van der Waals surface area (Å²) in [5.41, 5.74) is 4.67. The van der Waals surface area contributed by atoms with Crippen molar-refractivity contribution < 1.29 is 0 Å². The van der Waals surface area contributed by atoms with Crippen LogP contribution in [0.3, 0.4) is 0 Å². The SMILES string of the molecule is c1ccc(-c2ccc(CSc3nnnn3-c3ccccc3)cc2)cc1. The van der Waals surface area contributed by atoms with E-state index in [1.165, 1.54) is 16.7 Å². The highest BCUT2D eigenvalue weighted by Crippen LogP contribution is 2.24. The Bertz CT molecular complexity index is 934. The second kappa shape index (κ2) is 7.32. The second-order valence-corrected chi connectivity index (χ2v) is 6.50. The minimum atomic E-state index is 0.790. The van der Waals surface area contributed by atoms with E-state index in [9.17, 15) is 0 Å². The van der Waals surface area contributed by atoms with Gasteiger partial charge in [-0.05, 0) is 39.2 Å². The molecule has 0 N–H and O–H groups in total. The van der Waals surface area contributed by atoms with Crippen molar-refractivity contribution >= 4 is 11.8 Å². The van der Waals surface area contributed by atoms with Crippen LogP contribution >= 0.6 is 11.8 Å². The molecule has 122 valence electrons. The molecule has 3 aromatic carbocycles. The Morgan fingerprint density at radius 1 is 0.720 bits per heavy atom. The minimum absolute atomic E-state index is 0.790. The van der Waals surface area contributed by atoms with Crippen LogP contribution in [-0.4, -0.2) is 20.2 Å². The first kappa shape index (κ1) is 15.6. The highest BCUT2D eigenvalue weighted by Gasteiger charge is 2.09. The number of tetrazole rings is 1. The summed E-state index contributed by atoms with van der Waals surface area (Å²) in [7, 11) is 0. The van der Waals surface area contributed by atoms with Crippen LogP contribution in [0.4, 0.5) is 0 Å². The lowest BCUT2D eigenvalue weighted by atomic mass is 10.0. The van der Waals surface area contributed by atoms with E-state index in [1.54, 1.807) is 16.4 Å². The molecule has 0 amide bonds. The molecule has 0 fully saturated rings. The van der Waals surface area contributed by atoms with Crippen molar-refractivity contribution in [2.24, 2.45) is 0 Å². The normalized spacial score (nSPS) is 10.7. The molecule has 0 spiro atoms. The number of hydrogen-bond donors (Lipinski definition) is 0. The fourth-order valence-corrected chi connectivity index (χ4v) is 3.42. The first-order chi connectivity index (χ1) is 12.4. The van der Waals surface area contributed by atoms with Crippen molar-refractivity contribution in [3.05, 3.63) is 90.5 Å². The third-order valence-corrected chi connectivity index (χ3v) is 4.86. The molecule has 0 aliphatic rings. The molecule has 5 heteroatoms. The summed E-state index contributed by atoms with van der Waals surface area (Å²) in [4.78, 5) is 0. The fourth-order valence-electron chi connectivity index (χ4n) is 2.57. The highest BCUT2D eigenvalue weighted by molar-refractivity contribution is 7.98. The van der Waals surface area contributed by atoms with Crippen LogP contribution in [-0.2, 0) is 5.75 Å². The van der Waals surface area contributed by atoms with E-state index in [1.807, 2.05) is 36.4 Å². The zero-order valence-electron chi connectivity index (χ0n) is 13.5. The van der Waals surface area contributed by atoms with Crippen LogP contribution in [0.15, 0.2) is 90.1 Å². The molecule has 0 aliphatic heterocycles. The predicted molar refractivity (Wildman–Crippen MR) is 101 cm³/mol. The van der Waals surface area contributed by atoms with Crippen LogP contribution in [0.1, 0.15) is 5.56 Å². The lowest BCUT2D eigenvalue weighted by Crippen LogP contribution is -1.98. The molecule has 0 saturated heterocycles. The Hall–Kier alpha value is -2.92. The minimum Gasteiger partial charge on any atom is -0.188 e. The third-order valence-electron chi connectivity index (χ3n) is 3.87. The maximum atomic E-state index is 4.14. The summed E-state index contributed by atoms with van der Waals surface area (Å²) in [5, 5.41) is 12.8. The monoisotopic (exact) mass is 344 g/mol. The zero-order valence-corrected chi connectivity index (χ0v) is 14.3. The molecular weight excluding hydrogens is 328 g/mol. The van der Waals surface area contributed by atoms with Crippen LogP contribution < -0.4 is 0 Å². The number of para-hydroxylation sites is 1. The van der Waals surface area contributed by atoms with Gasteiger partial charge in [0.2, 0.25) is 5.16 Å². The molecule has 0 radical (unpaired) electrons. The smallest absolute Gasteiger partial charge is 0.188 e. The Kier molecular flexibility index (Phi) is 4.57. The van der Waals surface area contributed by atoms with Crippen molar-refractivity contribution in [2.75, 3.05) is 0 Å². The van der Waals surface area contributed by atoms with Gasteiger partial charge in [-0.15, -0.1) is 5.10 Å². The Morgan fingerprint density at radius 3 is 2.08 bits per heavy atom. The van der Waals surface area contributed by atoms with Gasteiger partial charge in [0.05, 0.1) is 5.69 Å². The lowest BCUT2D eigenvalue weighted by Gasteiger charge is -2.05. The summed E-state index contributed by atoms with van der Waals surface area (Å²) < 4.78 is 1.77. The van der Waals surface area contributed by atoms with E-state index < -0.39 is 0 Å². The van der Waals surface area contributed by atoms with E-state index in [4.69, 9.17) is 0 Å². The standard InChI is InChI=1S/C20H16N4S/c1-3-7-17(8-4-1)18-13-11-16(12-14-18)15-25-20-21-22-23-24(20)19-9-5-2-6-10-19/h1-14H,15H2. The van der Waals surface area contributed by atoms with Gasteiger partial charge < -0.3 is 0 Å². The van der Waals surface area contributed by atoms with Gasteiger partial charge in [-0.25, -0.2) is 0 Å². The molecule has 1 aromatic heterocycles. The maximum Gasteiger partial charge on any atom is 0.214 e. The Balaban J connectivity index is 1.47. The first-order valence-corrected chi connectivity index (χ1v) is 9.00.